The number of amides is 3. The smallest absolute Gasteiger partial charge is 0.410 e. The summed E-state index contributed by atoms with van der Waals surface area (Å²) in [4.78, 5) is 41.4. The summed E-state index contributed by atoms with van der Waals surface area (Å²) < 4.78 is 15.5. The number of nitrogens with one attached hydrogen (secondary N) is 1. The van der Waals surface area contributed by atoms with Crippen LogP contribution in [0.5, 0.6) is 11.5 Å². The molecule has 2 heterocycles. The van der Waals surface area contributed by atoms with Gasteiger partial charge in [0.25, 0.3) is 5.91 Å². The molecule has 3 amide bonds. The Bertz CT molecular complexity index is 760. The summed E-state index contributed by atoms with van der Waals surface area (Å²) in [6.07, 6.45) is -0.192. The van der Waals surface area contributed by atoms with Crippen LogP contribution in [0, 0.1) is 0 Å². The first-order chi connectivity index (χ1) is 13.5. The van der Waals surface area contributed by atoms with Crippen LogP contribution in [0.3, 0.4) is 0 Å². The third kappa shape index (κ3) is 3.75. The zero-order chi connectivity index (χ0) is 20.3. The molecule has 28 heavy (non-hydrogen) atoms. The highest BCUT2D eigenvalue weighted by molar-refractivity contribution is 6.22. The van der Waals surface area contributed by atoms with Gasteiger partial charge in [0.15, 0.2) is 6.04 Å². The average Bonchev–Trinajstić information content (AvgIpc) is 3.01. The molecule has 0 radical (unpaired) electrons. The number of carbonyl (C=O) groups excluding carboxylic acids is 3. The molecule has 0 spiro atoms. The van der Waals surface area contributed by atoms with E-state index in [9.17, 15) is 14.4 Å². The van der Waals surface area contributed by atoms with Gasteiger partial charge >= 0.3 is 6.09 Å². The maximum absolute atomic E-state index is 13.0. The van der Waals surface area contributed by atoms with Gasteiger partial charge in [0.1, 0.15) is 11.5 Å². The molecule has 1 N–H and O–H groups in total. The SMILES string of the molecule is CCOC(=O)N1CC[NH+]([C@@H]2CC(=O)N(c3ccc(OC)cc3OC)C2=O)CC1. The van der Waals surface area contributed by atoms with E-state index in [1.54, 1.807) is 30.0 Å². The zero-order valence-corrected chi connectivity index (χ0v) is 16.4. The number of piperazine rings is 1. The second-order valence-electron chi connectivity index (χ2n) is 6.71. The molecule has 9 heteroatoms. The minimum Gasteiger partial charge on any atom is -0.497 e. The summed E-state index contributed by atoms with van der Waals surface area (Å²) in [6, 6.07) is 4.54. The monoisotopic (exact) mass is 392 g/mol. The lowest BCUT2D eigenvalue weighted by Crippen LogP contribution is -3.19. The summed E-state index contributed by atoms with van der Waals surface area (Å²) in [5, 5.41) is 0. The third-order valence-corrected chi connectivity index (χ3v) is 5.20. The fraction of sp³-hybridized carbons (Fsp3) is 0.526. The summed E-state index contributed by atoms with van der Waals surface area (Å²) in [5.41, 5.74) is 0.422. The number of carbonyl (C=O) groups is 3. The van der Waals surface area contributed by atoms with E-state index in [2.05, 4.69) is 0 Å². The van der Waals surface area contributed by atoms with Crippen molar-refractivity contribution in [1.29, 1.82) is 0 Å². The maximum Gasteiger partial charge on any atom is 0.410 e. The Kier molecular flexibility index (Phi) is 6.03. The van der Waals surface area contributed by atoms with Crippen LogP contribution in [0.2, 0.25) is 0 Å². The molecule has 0 bridgehead atoms. The molecule has 2 saturated heterocycles. The van der Waals surface area contributed by atoms with Crippen molar-refractivity contribution in [1.82, 2.24) is 4.90 Å². The molecule has 3 rings (SSSR count). The lowest BCUT2D eigenvalue weighted by atomic mass is 10.2. The van der Waals surface area contributed by atoms with E-state index in [0.717, 1.165) is 4.90 Å². The van der Waals surface area contributed by atoms with Gasteiger partial charge in [-0.1, -0.05) is 0 Å². The highest BCUT2D eigenvalue weighted by Crippen LogP contribution is 2.34. The standard InChI is InChI=1S/C19H25N3O6/c1-4-28-19(25)21-9-7-20(8-10-21)15-12-17(23)22(18(15)24)14-6-5-13(26-2)11-16(14)27-3/h5-6,11,15H,4,7-10,12H2,1-3H3/p+1/t15-/m1/s1. The van der Waals surface area contributed by atoms with Crippen LogP contribution < -0.4 is 19.3 Å². The van der Waals surface area contributed by atoms with Crippen molar-refractivity contribution in [2.24, 2.45) is 0 Å². The first kappa shape index (κ1) is 19.9. The van der Waals surface area contributed by atoms with Gasteiger partial charge in [0.05, 0.1) is 59.1 Å². The highest BCUT2D eigenvalue weighted by atomic mass is 16.6. The topological polar surface area (TPSA) is 89.8 Å². The Labute approximate surface area is 163 Å². The van der Waals surface area contributed by atoms with Crippen molar-refractivity contribution >= 4 is 23.6 Å². The molecular weight excluding hydrogens is 366 g/mol. The number of ether oxygens (including phenoxy) is 3. The first-order valence-electron chi connectivity index (χ1n) is 9.35. The lowest BCUT2D eigenvalue weighted by Gasteiger charge is -2.33. The minimum atomic E-state index is -0.455. The maximum atomic E-state index is 13.0. The van der Waals surface area contributed by atoms with Crippen LogP contribution in [0.25, 0.3) is 0 Å². The molecule has 0 saturated carbocycles. The van der Waals surface area contributed by atoms with Gasteiger partial charge in [0.2, 0.25) is 5.91 Å². The van der Waals surface area contributed by atoms with Gasteiger partial charge in [0, 0.05) is 6.07 Å². The normalized spacial score (nSPS) is 20.5. The number of nitrogens with zero attached hydrogens (tertiary/aromatic N) is 2. The Balaban J connectivity index is 1.72. The molecule has 1 aromatic rings. The van der Waals surface area contributed by atoms with Crippen LogP contribution in [-0.2, 0) is 14.3 Å². The molecule has 2 fully saturated rings. The Morgan fingerprint density at radius 1 is 1.18 bits per heavy atom. The number of anilines is 1. The molecule has 2 aliphatic rings. The molecule has 1 atom stereocenters. The number of methoxy groups -OCH3 is 2. The predicted octanol–water partition coefficient (Wildman–Crippen LogP) is -0.307. The number of hydrogen-bond donors (Lipinski definition) is 1. The van der Waals surface area contributed by atoms with E-state index >= 15 is 0 Å². The average molecular weight is 392 g/mol. The summed E-state index contributed by atoms with van der Waals surface area (Å²) in [7, 11) is 3.02. The molecule has 9 nitrogen and oxygen atoms in total. The van der Waals surface area contributed by atoms with E-state index in [4.69, 9.17) is 14.2 Å². The number of imide groups is 1. The van der Waals surface area contributed by atoms with Crippen molar-refractivity contribution in [3.63, 3.8) is 0 Å². The van der Waals surface area contributed by atoms with Gasteiger partial charge < -0.3 is 19.1 Å². The van der Waals surface area contributed by atoms with Gasteiger partial charge in [-0.2, -0.15) is 0 Å². The van der Waals surface area contributed by atoms with Crippen molar-refractivity contribution in [3.8, 4) is 11.5 Å². The molecule has 152 valence electrons. The highest BCUT2D eigenvalue weighted by Gasteiger charge is 2.47. The van der Waals surface area contributed by atoms with Gasteiger partial charge in [-0.25, -0.2) is 9.69 Å². The summed E-state index contributed by atoms with van der Waals surface area (Å²) in [5.74, 6) is 0.493. The number of benzene rings is 1. The van der Waals surface area contributed by atoms with E-state index in [0.29, 0.717) is 50.0 Å². The third-order valence-electron chi connectivity index (χ3n) is 5.20. The molecule has 1 aromatic carbocycles. The van der Waals surface area contributed by atoms with Crippen LogP contribution in [0.15, 0.2) is 18.2 Å². The Hall–Kier alpha value is -2.81. The Morgan fingerprint density at radius 2 is 1.89 bits per heavy atom. The first-order valence-corrected chi connectivity index (χ1v) is 9.35. The van der Waals surface area contributed by atoms with E-state index in [1.165, 1.54) is 19.1 Å². The van der Waals surface area contributed by atoms with E-state index < -0.39 is 6.04 Å². The number of rotatable bonds is 5. The largest absolute Gasteiger partial charge is 0.497 e. The van der Waals surface area contributed by atoms with Crippen molar-refractivity contribution in [2.45, 2.75) is 19.4 Å². The summed E-state index contributed by atoms with van der Waals surface area (Å²) >= 11 is 0. The van der Waals surface area contributed by atoms with Crippen LogP contribution >= 0.6 is 0 Å². The van der Waals surface area contributed by atoms with Gasteiger partial charge in [-0.3, -0.25) is 14.5 Å². The molecular formula is C19H26N3O6+. The van der Waals surface area contributed by atoms with Gasteiger partial charge in [-0.15, -0.1) is 0 Å². The van der Waals surface area contributed by atoms with E-state index in [-0.39, 0.29) is 24.3 Å². The molecule has 0 aliphatic carbocycles. The minimum absolute atomic E-state index is 0.142. The number of hydrogen-bond acceptors (Lipinski definition) is 6. The van der Waals surface area contributed by atoms with Gasteiger partial charge in [-0.05, 0) is 19.1 Å². The van der Waals surface area contributed by atoms with Crippen molar-refractivity contribution < 1.29 is 33.5 Å². The predicted molar refractivity (Wildman–Crippen MR) is 99.7 cm³/mol. The van der Waals surface area contributed by atoms with Crippen LogP contribution in [-0.4, -0.2) is 75.9 Å². The summed E-state index contributed by atoms with van der Waals surface area (Å²) in [6.45, 7) is 4.28. The van der Waals surface area contributed by atoms with Crippen molar-refractivity contribution in [3.05, 3.63) is 18.2 Å². The Morgan fingerprint density at radius 3 is 2.50 bits per heavy atom. The van der Waals surface area contributed by atoms with Crippen LogP contribution in [0.1, 0.15) is 13.3 Å². The van der Waals surface area contributed by atoms with E-state index in [1.807, 2.05) is 0 Å². The molecule has 0 unspecified atom stereocenters. The lowest BCUT2D eigenvalue weighted by molar-refractivity contribution is -0.918. The van der Waals surface area contributed by atoms with Crippen LogP contribution in [0.4, 0.5) is 10.5 Å². The second-order valence-corrected chi connectivity index (χ2v) is 6.71. The molecule has 0 aromatic heterocycles. The fourth-order valence-corrected chi connectivity index (χ4v) is 3.71. The second kappa shape index (κ2) is 8.47. The fourth-order valence-electron chi connectivity index (χ4n) is 3.71. The molecule has 2 aliphatic heterocycles. The zero-order valence-electron chi connectivity index (χ0n) is 16.4. The number of quaternary nitrogens is 1. The van der Waals surface area contributed by atoms with Crippen molar-refractivity contribution in [2.75, 3.05) is 51.9 Å². The quantitative estimate of drug-likeness (QED) is 0.692.